The van der Waals surface area contributed by atoms with Crippen molar-refractivity contribution >= 4 is 0 Å². The Morgan fingerprint density at radius 1 is 1.14 bits per heavy atom. The Morgan fingerprint density at radius 2 is 1.79 bits per heavy atom. The van der Waals surface area contributed by atoms with Crippen LogP contribution in [-0.4, -0.2) is 35.2 Å². The predicted molar refractivity (Wildman–Crippen MR) is 58.2 cm³/mol. The smallest absolute Gasteiger partial charge is 0.0695 e. The van der Waals surface area contributed by atoms with E-state index in [-0.39, 0.29) is 6.10 Å². The van der Waals surface area contributed by atoms with Crippen LogP contribution >= 0.6 is 0 Å². The third kappa shape index (κ3) is 2.12. The summed E-state index contributed by atoms with van der Waals surface area (Å²) in [5, 5.41) is 9.95. The largest absolute Gasteiger partial charge is 0.391 e. The molecule has 0 radical (unpaired) electrons. The van der Waals surface area contributed by atoms with Gasteiger partial charge in [0.25, 0.3) is 0 Å². The van der Waals surface area contributed by atoms with Gasteiger partial charge in [-0.2, -0.15) is 0 Å². The van der Waals surface area contributed by atoms with Crippen LogP contribution in [0.5, 0.6) is 0 Å². The van der Waals surface area contributed by atoms with Crippen molar-refractivity contribution < 1.29 is 5.11 Å². The minimum absolute atomic E-state index is 0.0741. The van der Waals surface area contributed by atoms with Gasteiger partial charge in [-0.1, -0.05) is 12.8 Å². The van der Waals surface area contributed by atoms with Gasteiger partial charge in [-0.25, -0.2) is 0 Å². The monoisotopic (exact) mass is 197 g/mol. The minimum atomic E-state index is -0.0741. The highest BCUT2D eigenvalue weighted by atomic mass is 16.3. The summed E-state index contributed by atoms with van der Waals surface area (Å²) in [4.78, 5) is 2.43. The van der Waals surface area contributed by atoms with E-state index in [1.54, 1.807) is 0 Å². The van der Waals surface area contributed by atoms with E-state index in [9.17, 15) is 5.11 Å². The molecule has 2 aliphatic carbocycles. The van der Waals surface area contributed by atoms with Crippen molar-refractivity contribution in [3.05, 3.63) is 0 Å². The molecule has 0 aliphatic heterocycles. The number of aliphatic hydroxyl groups excluding tert-OH is 1. The fourth-order valence-corrected chi connectivity index (χ4v) is 2.78. The Balaban J connectivity index is 1.90. The summed E-state index contributed by atoms with van der Waals surface area (Å²) in [5.41, 5.74) is 0. The molecule has 2 rings (SSSR count). The Kier molecular flexibility index (Phi) is 3.13. The minimum Gasteiger partial charge on any atom is -0.391 e. The van der Waals surface area contributed by atoms with E-state index >= 15 is 0 Å². The van der Waals surface area contributed by atoms with E-state index in [0.717, 1.165) is 12.3 Å². The summed E-state index contributed by atoms with van der Waals surface area (Å²) < 4.78 is 0. The third-order valence-electron chi connectivity index (χ3n) is 4.16. The summed E-state index contributed by atoms with van der Waals surface area (Å²) >= 11 is 0. The lowest BCUT2D eigenvalue weighted by Gasteiger charge is -2.38. The van der Waals surface area contributed by atoms with Crippen molar-refractivity contribution in [1.82, 2.24) is 4.90 Å². The van der Waals surface area contributed by atoms with Gasteiger partial charge < -0.3 is 5.11 Å². The van der Waals surface area contributed by atoms with Crippen LogP contribution in [0.4, 0.5) is 0 Å². The molecule has 0 saturated heterocycles. The van der Waals surface area contributed by atoms with Gasteiger partial charge in [-0.15, -0.1) is 0 Å². The first-order valence-corrected chi connectivity index (χ1v) is 6.10. The Bertz CT molecular complexity index is 191. The van der Waals surface area contributed by atoms with Crippen LogP contribution in [0, 0.1) is 5.92 Å². The number of hydrogen-bond acceptors (Lipinski definition) is 2. The van der Waals surface area contributed by atoms with Gasteiger partial charge >= 0.3 is 0 Å². The standard InChI is InChI=1S/C12H23NO/c1-9(10-7-8-10)13(2)11-5-3-4-6-12(11)14/h9-12,14H,3-8H2,1-2H3/t9?,11-,12-/m0/s1. The fourth-order valence-electron chi connectivity index (χ4n) is 2.78. The maximum atomic E-state index is 9.95. The molecule has 0 aromatic carbocycles. The van der Waals surface area contributed by atoms with Gasteiger partial charge in [-0.05, 0) is 45.6 Å². The second-order valence-electron chi connectivity index (χ2n) is 5.16. The molecule has 0 bridgehead atoms. The van der Waals surface area contributed by atoms with Crippen LogP contribution in [0.25, 0.3) is 0 Å². The van der Waals surface area contributed by atoms with E-state index in [2.05, 4.69) is 18.9 Å². The molecular weight excluding hydrogens is 174 g/mol. The summed E-state index contributed by atoms with van der Waals surface area (Å²) in [6, 6.07) is 1.10. The fraction of sp³-hybridized carbons (Fsp3) is 1.00. The summed E-state index contributed by atoms with van der Waals surface area (Å²) in [6.07, 6.45) is 7.42. The highest BCUT2D eigenvalue weighted by Crippen LogP contribution is 2.36. The van der Waals surface area contributed by atoms with Crippen LogP contribution < -0.4 is 0 Å². The first kappa shape index (κ1) is 10.4. The Labute approximate surface area is 87.3 Å². The van der Waals surface area contributed by atoms with Crippen molar-refractivity contribution in [2.45, 2.75) is 63.6 Å². The maximum absolute atomic E-state index is 9.95. The first-order valence-electron chi connectivity index (χ1n) is 6.10. The highest BCUT2D eigenvalue weighted by Gasteiger charge is 2.36. The second-order valence-corrected chi connectivity index (χ2v) is 5.16. The zero-order valence-electron chi connectivity index (χ0n) is 9.45. The average Bonchev–Trinajstić information content (AvgIpc) is 3.00. The molecule has 1 N–H and O–H groups in total. The van der Waals surface area contributed by atoms with Crippen LogP contribution in [-0.2, 0) is 0 Å². The van der Waals surface area contributed by atoms with Crippen LogP contribution in [0.3, 0.4) is 0 Å². The van der Waals surface area contributed by atoms with Crippen molar-refractivity contribution in [2.24, 2.45) is 5.92 Å². The molecule has 2 saturated carbocycles. The molecule has 0 spiro atoms. The van der Waals surface area contributed by atoms with Gasteiger partial charge in [0.15, 0.2) is 0 Å². The topological polar surface area (TPSA) is 23.5 Å². The maximum Gasteiger partial charge on any atom is 0.0695 e. The number of likely N-dealkylation sites (N-methyl/N-ethyl adjacent to an activating group) is 1. The first-order chi connectivity index (χ1) is 6.70. The van der Waals surface area contributed by atoms with Crippen LogP contribution in [0.2, 0.25) is 0 Å². The molecule has 2 fully saturated rings. The van der Waals surface area contributed by atoms with E-state index in [1.165, 1.54) is 32.1 Å². The van der Waals surface area contributed by atoms with Crippen LogP contribution in [0.15, 0.2) is 0 Å². The quantitative estimate of drug-likeness (QED) is 0.748. The van der Waals surface area contributed by atoms with E-state index < -0.39 is 0 Å². The Morgan fingerprint density at radius 3 is 2.36 bits per heavy atom. The number of hydrogen-bond donors (Lipinski definition) is 1. The number of nitrogens with zero attached hydrogens (tertiary/aromatic N) is 1. The highest BCUT2D eigenvalue weighted by molar-refractivity contribution is 4.90. The summed E-state index contributed by atoms with van der Waals surface area (Å²) in [6.45, 7) is 2.32. The molecule has 1 unspecified atom stereocenters. The van der Waals surface area contributed by atoms with Crippen molar-refractivity contribution in [3.63, 3.8) is 0 Å². The summed E-state index contributed by atoms with van der Waals surface area (Å²) in [5.74, 6) is 0.911. The van der Waals surface area contributed by atoms with Crippen molar-refractivity contribution in [1.29, 1.82) is 0 Å². The molecule has 0 heterocycles. The molecule has 0 amide bonds. The summed E-state index contributed by atoms with van der Waals surface area (Å²) in [7, 11) is 2.20. The number of rotatable bonds is 3. The lowest BCUT2D eigenvalue weighted by atomic mass is 9.90. The van der Waals surface area contributed by atoms with Crippen molar-refractivity contribution in [2.75, 3.05) is 7.05 Å². The zero-order chi connectivity index (χ0) is 10.1. The predicted octanol–water partition coefficient (Wildman–Crippen LogP) is 2.02. The second kappa shape index (κ2) is 4.19. The van der Waals surface area contributed by atoms with Gasteiger partial charge in [-0.3, -0.25) is 4.90 Å². The normalized spacial score (nSPS) is 36.0. The van der Waals surface area contributed by atoms with E-state index in [4.69, 9.17) is 0 Å². The van der Waals surface area contributed by atoms with Crippen LogP contribution in [0.1, 0.15) is 45.4 Å². The Hall–Kier alpha value is -0.0800. The SMILES string of the molecule is CC(C1CC1)N(C)[C@H]1CCCC[C@@H]1O. The lowest BCUT2D eigenvalue weighted by Crippen LogP contribution is -2.47. The van der Waals surface area contributed by atoms with E-state index in [0.29, 0.717) is 12.1 Å². The molecule has 2 aliphatic rings. The lowest BCUT2D eigenvalue weighted by molar-refractivity contribution is 0.0119. The molecule has 2 nitrogen and oxygen atoms in total. The third-order valence-corrected chi connectivity index (χ3v) is 4.16. The molecule has 82 valence electrons. The zero-order valence-corrected chi connectivity index (χ0v) is 9.45. The van der Waals surface area contributed by atoms with Crippen molar-refractivity contribution in [3.8, 4) is 0 Å². The molecule has 3 atom stereocenters. The number of aliphatic hydroxyl groups is 1. The van der Waals surface area contributed by atoms with Gasteiger partial charge in [0.05, 0.1) is 6.10 Å². The average molecular weight is 197 g/mol. The molecular formula is C12H23NO. The molecule has 14 heavy (non-hydrogen) atoms. The molecule has 0 aromatic heterocycles. The van der Waals surface area contributed by atoms with Gasteiger partial charge in [0.1, 0.15) is 0 Å². The van der Waals surface area contributed by atoms with E-state index in [1.807, 2.05) is 0 Å². The molecule has 0 aromatic rings. The van der Waals surface area contributed by atoms with Gasteiger partial charge in [0, 0.05) is 12.1 Å². The van der Waals surface area contributed by atoms with Gasteiger partial charge in [0.2, 0.25) is 0 Å². The molecule has 2 heteroatoms.